The van der Waals surface area contributed by atoms with E-state index in [-0.39, 0.29) is 12.0 Å². The maximum atomic E-state index is 11.8. The molecule has 0 aromatic rings. The van der Waals surface area contributed by atoms with E-state index in [1.165, 1.54) is 4.90 Å². The third-order valence-electron chi connectivity index (χ3n) is 2.48. The molecule has 0 bridgehead atoms. The fourth-order valence-corrected chi connectivity index (χ4v) is 1.66. The average Bonchev–Trinajstić information content (AvgIpc) is 2.39. The third-order valence-corrected chi connectivity index (χ3v) is 2.91. The van der Waals surface area contributed by atoms with Crippen LogP contribution < -0.4 is 10.6 Å². The molecule has 1 rings (SSSR count). The van der Waals surface area contributed by atoms with E-state index in [0.29, 0.717) is 13.1 Å². The van der Waals surface area contributed by atoms with Crippen LogP contribution in [0, 0.1) is 0 Å². The van der Waals surface area contributed by atoms with Crippen molar-refractivity contribution in [2.24, 2.45) is 4.99 Å². The minimum Gasteiger partial charge on any atom is -0.444 e. The van der Waals surface area contributed by atoms with Crippen LogP contribution in [0.1, 0.15) is 20.8 Å². The molecule has 12 heteroatoms. The van der Waals surface area contributed by atoms with E-state index in [1.807, 2.05) is 0 Å². The maximum absolute atomic E-state index is 11.8. The maximum Gasteiger partial charge on any atom is 0.416 e. The molecule has 0 spiro atoms. The Labute approximate surface area is 138 Å². The van der Waals surface area contributed by atoms with Crippen molar-refractivity contribution >= 4 is 43.2 Å². The van der Waals surface area contributed by atoms with Gasteiger partial charge in [0, 0.05) is 13.1 Å². The molecule has 3 amide bonds. The molecule has 23 heavy (non-hydrogen) atoms. The molecule has 2 unspecified atom stereocenters. The van der Waals surface area contributed by atoms with Crippen LogP contribution >= 0.6 is 18.9 Å². The lowest BCUT2D eigenvalue weighted by Crippen LogP contribution is -2.55. The Morgan fingerprint density at radius 2 is 1.57 bits per heavy atom. The summed E-state index contributed by atoms with van der Waals surface area (Å²) in [4.78, 5) is 39.7. The molecule has 0 aliphatic carbocycles. The van der Waals surface area contributed by atoms with Crippen molar-refractivity contribution in [3.63, 3.8) is 0 Å². The lowest BCUT2D eigenvalue weighted by atomic mass is 10.1. The predicted molar refractivity (Wildman–Crippen MR) is 87.7 cm³/mol. The monoisotopic (exact) mass is 366 g/mol. The van der Waals surface area contributed by atoms with Crippen LogP contribution in [0.5, 0.6) is 0 Å². The third kappa shape index (κ3) is 6.97. The number of guanidine groups is 1. The van der Waals surface area contributed by atoms with Crippen LogP contribution in [0.2, 0.25) is 0 Å². The van der Waals surface area contributed by atoms with Gasteiger partial charge in [-0.15, -0.1) is 0 Å². The standard InChI is InChI=1S/C11H20N4O6P2/c1-11(2,3)19-10(18)15-4-6(5-15)12-7(13-8(16)20-22)14-9(17)21-23/h6H,4-5,22-23H2,1-3H3,(H2,12,13,14,16,17). The van der Waals surface area contributed by atoms with Crippen molar-refractivity contribution in [1.82, 2.24) is 15.5 Å². The number of carbonyl (C=O) groups excluding carboxylic acids is 3. The molecular weight excluding hydrogens is 346 g/mol. The number of ether oxygens (including phenoxy) is 1. The summed E-state index contributed by atoms with van der Waals surface area (Å²) >= 11 is 0. The van der Waals surface area contributed by atoms with Crippen molar-refractivity contribution in [3.05, 3.63) is 0 Å². The molecule has 0 aromatic carbocycles. The Bertz CT molecular complexity index is 481. The van der Waals surface area contributed by atoms with Crippen LogP contribution in [0.3, 0.4) is 0 Å². The van der Waals surface area contributed by atoms with Crippen LogP contribution in [0.4, 0.5) is 14.4 Å². The van der Waals surface area contributed by atoms with E-state index >= 15 is 0 Å². The van der Waals surface area contributed by atoms with Crippen LogP contribution in [-0.2, 0) is 13.8 Å². The normalized spacial score (nSPS) is 14.2. The number of aliphatic imine (C=N–C) groups is 1. The first-order valence-corrected chi connectivity index (χ1v) is 7.50. The highest BCUT2D eigenvalue weighted by Crippen LogP contribution is 2.17. The summed E-state index contributed by atoms with van der Waals surface area (Å²) in [6.45, 7) is 5.92. The number of rotatable bonds is 1. The molecular formula is C11H20N4O6P2. The minimum atomic E-state index is -0.832. The summed E-state index contributed by atoms with van der Waals surface area (Å²) in [6, 6.07) is -0.299. The van der Waals surface area contributed by atoms with Gasteiger partial charge in [-0.05, 0) is 20.8 Å². The second-order valence-corrected chi connectivity index (χ2v) is 6.05. The van der Waals surface area contributed by atoms with E-state index in [9.17, 15) is 14.4 Å². The molecule has 1 saturated heterocycles. The van der Waals surface area contributed by atoms with Gasteiger partial charge in [0.1, 0.15) is 5.60 Å². The number of hydrogen-bond acceptors (Lipinski definition) is 7. The topological polar surface area (TPSA) is 119 Å². The average molecular weight is 366 g/mol. The highest BCUT2D eigenvalue weighted by atomic mass is 31.0. The number of nitrogens with zero attached hydrogens (tertiary/aromatic N) is 2. The van der Waals surface area contributed by atoms with Crippen LogP contribution in [0.15, 0.2) is 4.99 Å². The highest BCUT2D eigenvalue weighted by molar-refractivity contribution is 7.11. The SMILES string of the molecule is CC(C)(C)OC(=O)N1CC(N=C(NC(=O)OP)NC(=O)OP)C1. The fourth-order valence-electron chi connectivity index (χ4n) is 1.54. The zero-order chi connectivity index (χ0) is 17.6. The molecule has 0 radical (unpaired) electrons. The van der Waals surface area contributed by atoms with Crippen molar-refractivity contribution in [2.75, 3.05) is 13.1 Å². The minimum absolute atomic E-state index is 0.140. The van der Waals surface area contributed by atoms with Gasteiger partial charge < -0.3 is 18.7 Å². The Morgan fingerprint density at radius 1 is 1.09 bits per heavy atom. The van der Waals surface area contributed by atoms with Crippen LogP contribution in [-0.4, -0.2) is 53.9 Å². The Hall–Kier alpha value is -1.66. The quantitative estimate of drug-likeness (QED) is 0.406. The predicted octanol–water partition coefficient (Wildman–Crippen LogP) is 0.994. The molecule has 2 N–H and O–H groups in total. The van der Waals surface area contributed by atoms with Gasteiger partial charge in [0.2, 0.25) is 5.96 Å². The molecule has 1 aliphatic rings. The number of hydrogen-bond donors (Lipinski definition) is 2. The van der Waals surface area contributed by atoms with E-state index < -0.39 is 23.9 Å². The first-order chi connectivity index (χ1) is 10.6. The summed E-state index contributed by atoms with van der Waals surface area (Å²) in [5.41, 5.74) is -0.579. The van der Waals surface area contributed by atoms with Crippen LogP contribution in [0.25, 0.3) is 0 Å². The van der Waals surface area contributed by atoms with Crippen molar-refractivity contribution in [3.8, 4) is 0 Å². The molecule has 130 valence electrons. The summed E-state index contributed by atoms with van der Waals surface area (Å²) in [5.74, 6) is -0.140. The second-order valence-electron chi connectivity index (χ2n) is 5.58. The van der Waals surface area contributed by atoms with Gasteiger partial charge >= 0.3 is 18.3 Å². The van der Waals surface area contributed by atoms with Crippen molar-refractivity contribution in [2.45, 2.75) is 32.4 Å². The van der Waals surface area contributed by atoms with Gasteiger partial charge in [0.15, 0.2) is 0 Å². The molecule has 2 atom stereocenters. The van der Waals surface area contributed by atoms with Gasteiger partial charge in [0.05, 0.1) is 25.0 Å². The largest absolute Gasteiger partial charge is 0.444 e. The van der Waals surface area contributed by atoms with Gasteiger partial charge in [-0.25, -0.2) is 19.4 Å². The smallest absolute Gasteiger partial charge is 0.416 e. The number of amides is 3. The lowest BCUT2D eigenvalue weighted by Gasteiger charge is -2.37. The molecule has 1 fully saturated rings. The van der Waals surface area contributed by atoms with Crippen molar-refractivity contribution in [1.29, 1.82) is 0 Å². The Kier molecular flexibility index (Phi) is 6.97. The number of carbonyl (C=O) groups is 3. The molecule has 0 aromatic heterocycles. The van der Waals surface area contributed by atoms with Gasteiger partial charge in [-0.3, -0.25) is 10.6 Å². The van der Waals surface area contributed by atoms with E-state index in [4.69, 9.17) is 4.74 Å². The summed E-state index contributed by atoms with van der Waals surface area (Å²) in [5, 5.41) is 4.45. The van der Waals surface area contributed by atoms with E-state index in [2.05, 4.69) is 24.7 Å². The van der Waals surface area contributed by atoms with Gasteiger partial charge in [-0.2, -0.15) is 0 Å². The highest BCUT2D eigenvalue weighted by Gasteiger charge is 2.34. The molecule has 0 saturated carbocycles. The fraction of sp³-hybridized carbons (Fsp3) is 0.636. The lowest BCUT2D eigenvalue weighted by molar-refractivity contribution is 0.00897. The number of nitrogens with one attached hydrogen (secondary N) is 2. The Balaban J connectivity index is 2.59. The summed E-state index contributed by atoms with van der Waals surface area (Å²) in [7, 11) is 3.52. The molecule has 1 heterocycles. The number of likely N-dealkylation sites (tertiary alicyclic amines) is 1. The second kappa shape index (κ2) is 8.26. The summed E-state index contributed by atoms with van der Waals surface area (Å²) in [6.07, 6.45) is -2.11. The van der Waals surface area contributed by atoms with Crippen molar-refractivity contribution < 1.29 is 28.2 Å². The van der Waals surface area contributed by atoms with Gasteiger partial charge in [-0.1, -0.05) is 0 Å². The zero-order valence-corrected chi connectivity index (χ0v) is 15.3. The first kappa shape index (κ1) is 19.4. The first-order valence-electron chi connectivity index (χ1n) is 6.55. The molecule has 1 aliphatic heterocycles. The summed E-state index contributed by atoms with van der Waals surface area (Å²) < 4.78 is 13.9. The Morgan fingerprint density at radius 3 is 1.96 bits per heavy atom. The van der Waals surface area contributed by atoms with E-state index in [0.717, 1.165) is 0 Å². The zero-order valence-electron chi connectivity index (χ0n) is 13.0. The molecule has 10 nitrogen and oxygen atoms in total. The van der Waals surface area contributed by atoms with Gasteiger partial charge in [0.25, 0.3) is 0 Å². The van der Waals surface area contributed by atoms with E-state index in [1.54, 1.807) is 39.7 Å².